The Bertz CT molecular complexity index is 263. The van der Waals surface area contributed by atoms with Crippen LogP contribution in [0.5, 0.6) is 0 Å². The van der Waals surface area contributed by atoms with Crippen LogP contribution in [-0.2, 0) is 4.79 Å². The van der Waals surface area contributed by atoms with E-state index >= 15 is 0 Å². The second-order valence-electron chi connectivity index (χ2n) is 5.01. The van der Waals surface area contributed by atoms with Gasteiger partial charge in [0.1, 0.15) is 6.29 Å². The van der Waals surface area contributed by atoms with Crippen LogP contribution in [0, 0.1) is 11.8 Å². The van der Waals surface area contributed by atoms with Crippen molar-refractivity contribution in [2.45, 2.75) is 52.4 Å². The molecule has 1 heteroatoms. The number of carbonyl (C=O) groups excluding carboxylic acids is 1. The van der Waals surface area contributed by atoms with Gasteiger partial charge in [-0.15, -0.1) is 0 Å². The molecule has 90 valence electrons. The van der Waals surface area contributed by atoms with E-state index in [2.05, 4.69) is 32.1 Å². The molecular formula is C15H24O. The Labute approximate surface area is 99.6 Å². The van der Waals surface area contributed by atoms with Gasteiger partial charge in [-0.2, -0.15) is 0 Å². The molecule has 0 fully saturated rings. The summed E-state index contributed by atoms with van der Waals surface area (Å²) in [5, 5.41) is 0. The molecule has 0 saturated carbocycles. The molecule has 2 atom stereocenters. The second-order valence-corrected chi connectivity index (χ2v) is 5.01. The number of aldehydes is 1. The van der Waals surface area contributed by atoms with Gasteiger partial charge in [0.25, 0.3) is 0 Å². The molecular weight excluding hydrogens is 196 g/mol. The zero-order valence-electron chi connectivity index (χ0n) is 10.6. The molecule has 0 aromatic rings. The number of hydrogen-bond donors (Lipinski definition) is 0. The van der Waals surface area contributed by atoms with Gasteiger partial charge in [-0.1, -0.05) is 30.7 Å². The predicted octanol–water partition coefficient (Wildman–Crippen LogP) is 4.29. The van der Waals surface area contributed by atoms with E-state index in [-0.39, 0.29) is 0 Å². The summed E-state index contributed by atoms with van der Waals surface area (Å²) in [4.78, 5) is 10.1. The van der Waals surface area contributed by atoms with Crippen molar-refractivity contribution in [3.63, 3.8) is 0 Å². The van der Waals surface area contributed by atoms with Crippen LogP contribution in [0.25, 0.3) is 0 Å². The molecule has 0 spiro atoms. The van der Waals surface area contributed by atoms with Crippen molar-refractivity contribution < 1.29 is 4.79 Å². The zero-order valence-corrected chi connectivity index (χ0v) is 10.6. The van der Waals surface area contributed by atoms with E-state index in [4.69, 9.17) is 0 Å². The van der Waals surface area contributed by atoms with Gasteiger partial charge in [0.15, 0.2) is 0 Å². The minimum atomic E-state index is 0.663. The molecule has 0 N–H and O–H groups in total. The highest BCUT2D eigenvalue weighted by Gasteiger charge is 2.17. The van der Waals surface area contributed by atoms with Crippen molar-refractivity contribution in [1.82, 2.24) is 0 Å². The summed E-state index contributed by atoms with van der Waals surface area (Å²) in [7, 11) is 0. The van der Waals surface area contributed by atoms with Crippen molar-refractivity contribution in [1.29, 1.82) is 0 Å². The first-order chi connectivity index (χ1) is 7.74. The van der Waals surface area contributed by atoms with Crippen LogP contribution in [0.15, 0.2) is 23.8 Å². The molecule has 0 aliphatic heterocycles. The first kappa shape index (κ1) is 13.2. The number of carbonyl (C=O) groups is 1. The third kappa shape index (κ3) is 4.78. The van der Waals surface area contributed by atoms with Crippen molar-refractivity contribution in [2.24, 2.45) is 11.8 Å². The Morgan fingerprint density at radius 2 is 2.25 bits per heavy atom. The van der Waals surface area contributed by atoms with Gasteiger partial charge in [0.05, 0.1) is 0 Å². The van der Waals surface area contributed by atoms with Crippen LogP contribution in [-0.4, -0.2) is 6.29 Å². The lowest BCUT2D eigenvalue weighted by Crippen LogP contribution is -2.13. The summed E-state index contributed by atoms with van der Waals surface area (Å²) in [5.41, 5.74) is 1.56. The Morgan fingerprint density at radius 1 is 1.44 bits per heavy atom. The Morgan fingerprint density at radius 3 is 2.88 bits per heavy atom. The maximum Gasteiger partial charge on any atom is 0.120 e. The van der Waals surface area contributed by atoms with Crippen LogP contribution < -0.4 is 0 Å². The highest BCUT2D eigenvalue weighted by Crippen LogP contribution is 2.30. The molecule has 1 aliphatic rings. The molecule has 1 aliphatic carbocycles. The van der Waals surface area contributed by atoms with E-state index in [0.717, 1.165) is 31.0 Å². The van der Waals surface area contributed by atoms with Gasteiger partial charge in [-0.25, -0.2) is 0 Å². The fraction of sp³-hybridized carbons (Fsp3) is 0.667. The first-order valence-corrected chi connectivity index (χ1v) is 6.48. The van der Waals surface area contributed by atoms with Crippen molar-refractivity contribution >= 4 is 6.29 Å². The molecule has 0 aromatic heterocycles. The van der Waals surface area contributed by atoms with Gasteiger partial charge >= 0.3 is 0 Å². The fourth-order valence-corrected chi connectivity index (χ4v) is 2.29. The van der Waals surface area contributed by atoms with E-state index in [9.17, 15) is 4.79 Å². The molecule has 0 bridgehead atoms. The molecule has 16 heavy (non-hydrogen) atoms. The molecule has 0 aromatic carbocycles. The number of allylic oxidation sites excluding steroid dienone is 4. The molecule has 0 heterocycles. The van der Waals surface area contributed by atoms with E-state index in [1.807, 2.05) is 0 Å². The number of hydrogen-bond acceptors (Lipinski definition) is 1. The summed E-state index contributed by atoms with van der Waals surface area (Å²) in [5.74, 6) is 1.64. The monoisotopic (exact) mass is 220 g/mol. The van der Waals surface area contributed by atoms with E-state index in [1.54, 1.807) is 5.57 Å². The van der Waals surface area contributed by atoms with Gasteiger partial charge in [0.2, 0.25) is 0 Å². The van der Waals surface area contributed by atoms with Crippen molar-refractivity contribution in [3.05, 3.63) is 23.8 Å². The van der Waals surface area contributed by atoms with Crippen LogP contribution in [0.4, 0.5) is 0 Å². The van der Waals surface area contributed by atoms with Gasteiger partial charge in [-0.05, 0) is 50.9 Å². The highest BCUT2D eigenvalue weighted by molar-refractivity contribution is 5.49. The quantitative estimate of drug-likeness (QED) is 0.370. The first-order valence-electron chi connectivity index (χ1n) is 6.48. The third-order valence-corrected chi connectivity index (χ3v) is 3.61. The van der Waals surface area contributed by atoms with Gasteiger partial charge in [-0.3, -0.25) is 0 Å². The zero-order chi connectivity index (χ0) is 11.8. The Balaban J connectivity index is 2.22. The fourth-order valence-electron chi connectivity index (χ4n) is 2.29. The standard InChI is InChI=1S/C15H24O/c1-13-8-10-15(11-9-13)14(2)7-5-3-4-6-12-16/h3,5,8,12,14-15H,4,6-7,9-11H2,1-2H3/b5-3+. The Hall–Kier alpha value is -0.850. The number of unbranched alkanes of at least 4 members (excludes halogenated alkanes) is 1. The molecule has 0 saturated heterocycles. The lowest BCUT2D eigenvalue weighted by molar-refractivity contribution is -0.107. The second kappa shape index (κ2) is 7.43. The minimum Gasteiger partial charge on any atom is -0.303 e. The van der Waals surface area contributed by atoms with Crippen LogP contribution in [0.3, 0.4) is 0 Å². The van der Waals surface area contributed by atoms with E-state index in [0.29, 0.717) is 6.42 Å². The molecule has 2 unspecified atom stereocenters. The average Bonchev–Trinajstić information content (AvgIpc) is 2.29. The van der Waals surface area contributed by atoms with Crippen LogP contribution in [0.1, 0.15) is 52.4 Å². The normalized spacial score (nSPS) is 23.1. The maximum atomic E-state index is 10.1. The minimum absolute atomic E-state index is 0.663. The lowest BCUT2D eigenvalue weighted by atomic mass is 9.80. The smallest absolute Gasteiger partial charge is 0.120 e. The average molecular weight is 220 g/mol. The predicted molar refractivity (Wildman–Crippen MR) is 69.3 cm³/mol. The van der Waals surface area contributed by atoms with E-state index in [1.165, 1.54) is 19.3 Å². The summed E-state index contributed by atoms with van der Waals surface area (Å²) in [6.07, 6.45) is 14.4. The SMILES string of the molecule is CC1=CCC(C(C)C/C=C/CCC=O)CC1. The molecule has 0 amide bonds. The molecule has 0 radical (unpaired) electrons. The summed E-state index contributed by atoms with van der Waals surface area (Å²) in [6, 6.07) is 0. The van der Waals surface area contributed by atoms with Crippen molar-refractivity contribution in [3.8, 4) is 0 Å². The Kier molecular flexibility index (Phi) is 6.14. The molecule has 1 nitrogen and oxygen atoms in total. The highest BCUT2D eigenvalue weighted by atomic mass is 16.1. The lowest BCUT2D eigenvalue weighted by Gasteiger charge is -2.25. The van der Waals surface area contributed by atoms with Crippen molar-refractivity contribution in [2.75, 3.05) is 0 Å². The maximum absolute atomic E-state index is 10.1. The third-order valence-electron chi connectivity index (χ3n) is 3.61. The van der Waals surface area contributed by atoms with Crippen LogP contribution in [0.2, 0.25) is 0 Å². The summed E-state index contributed by atoms with van der Waals surface area (Å²) in [6.45, 7) is 4.59. The topological polar surface area (TPSA) is 17.1 Å². The van der Waals surface area contributed by atoms with E-state index < -0.39 is 0 Å². The van der Waals surface area contributed by atoms with Gasteiger partial charge in [0, 0.05) is 6.42 Å². The van der Waals surface area contributed by atoms with Crippen LogP contribution >= 0.6 is 0 Å². The molecule has 1 rings (SSSR count). The summed E-state index contributed by atoms with van der Waals surface area (Å²) < 4.78 is 0. The largest absolute Gasteiger partial charge is 0.303 e. The van der Waals surface area contributed by atoms with Gasteiger partial charge < -0.3 is 4.79 Å². The summed E-state index contributed by atoms with van der Waals surface area (Å²) >= 11 is 0. The number of rotatable bonds is 6.